The molecule has 33 heavy (non-hydrogen) atoms. The predicted molar refractivity (Wildman–Crippen MR) is 118 cm³/mol. The number of aromatic amines is 1. The zero-order chi connectivity index (χ0) is 23.1. The van der Waals surface area contributed by atoms with E-state index in [9.17, 15) is 18.7 Å². The fourth-order valence-electron chi connectivity index (χ4n) is 4.44. The summed E-state index contributed by atoms with van der Waals surface area (Å²) in [6.07, 6.45) is 2.57. The summed E-state index contributed by atoms with van der Waals surface area (Å²) in [5, 5.41) is 13.0. The summed E-state index contributed by atoms with van der Waals surface area (Å²) in [6, 6.07) is 4.01. The minimum absolute atomic E-state index is 0.132. The lowest BCUT2D eigenvalue weighted by atomic mass is 10.0. The summed E-state index contributed by atoms with van der Waals surface area (Å²) in [7, 11) is 0. The molecule has 174 valence electrons. The quantitative estimate of drug-likeness (QED) is 0.492. The first kappa shape index (κ1) is 21.8. The third-order valence-electron chi connectivity index (χ3n) is 6.48. The number of fused-ring (bicyclic) bond motifs is 1. The number of rotatable bonds is 7. The van der Waals surface area contributed by atoms with Crippen LogP contribution < -0.4 is 10.1 Å². The first-order valence-corrected chi connectivity index (χ1v) is 11.3. The van der Waals surface area contributed by atoms with Gasteiger partial charge in [0, 0.05) is 16.8 Å². The Balaban J connectivity index is 1.56. The van der Waals surface area contributed by atoms with E-state index in [-0.39, 0.29) is 17.5 Å². The number of aromatic nitrogens is 3. The maximum atomic E-state index is 13.5. The van der Waals surface area contributed by atoms with Crippen LogP contribution in [0.25, 0.3) is 22.3 Å². The predicted octanol–water partition coefficient (Wildman–Crippen LogP) is 4.30. The van der Waals surface area contributed by atoms with Crippen LogP contribution in [0.15, 0.2) is 24.5 Å². The van der Waals surface area contributed by atoms with Gasteiger partial charge in [-0.1, -0.05) is 0 Å². The number of nitrogens with one attached hydrogen (secondary N) is 2. The first-order chi connectivity index (χ1) is 15.9. The van der Waals surface area contributed by atoms with Gasteiger partial charge in [0.05, 0.1) is 29.8 Å². The van der Waals surface area contributed by atoms with Crippen molar-refractivity contribution in [3.8, 4) is 17.0 Å². The lowest BCUT2D eigenvalue weighted by molar-refractivity contribution is 0.0874. The van der Waals surface area contributed by atoms with E-state index in [1.807, 2.05) is 0 Å². The number of alkyl halides is 2. The largest absolute Gasteiger partial charge is 0.493 e. The van der Waals surface area contributed by atoms with Gasteiger partial charge in [0.1, 0.15) is 23.3 Å². The van der Waals surface area contributed by atoms with E-state index >= 15 is 0 Å². The highest BCUT2D eigenvalue weighted by Gasteiger charge is 2.29. The lowest BCUT2D eigenvalue weighted by Gasteiger charge is -2.16. The number of benzene rings is 1. The maximum Gasteiger partial charge on any atom is 0.263 e. The maximum absolute atomic E-state index is 13.5. The van der Waals surface area contributed by atoms with Crippen molar-refractivity contribution in [2.45, 2.75) is 57.6 Å². The summed E-state index contributed by atoms with van der Waals surface area (Å²) < 4.78 is 32.9. The Bertz CT molecular complexity index is 1190. The van der Waals surface area contributed by atoms with Crippen LogP contribution in [0.2, 0.25) is 0 Å². The van der Waals surface area contributed by atoms with Crippen molar-refractivity contribution in [1.82, 2.24) is 20.3 Å². The molecule has 2 atom stereocenters. The highest BCUT2D eigenvalue weighted by Crippen LogP contribution is 2.38. The molecular weight excluding hydrogens is 430 g/mol. The normalized spacial score (nSPS) is 20.5. The standard InChI is InChI=1S/C24H26F2N4O3/c1-12-19(24(32)30-16-3-2-4-17(16)31)21-22(29-12)20(27-11-28-21)15-9-14(23(25)26)7-8-18(15)33-10-13-5-6-13/h7-9,11,13,16-17,23,29,31H,2-6,10H2,1H3,(H,30,32)/t16-,17-/m0/s1. The number of hydrogen-bond donors (Lipinski definition) is 3. The molecule has 0 aliphatic heterocycles. The lowest BCUT2D eigenvalue weighted by Crippen LogP contribution is -2.40. The molecule has 0 unspecified atom stereocenters. The molecule has 0 bridgehead atoms. The number of aryl methyl sites for hydroxylation is 1. The monoisotopic (exact) mass is 456 g/mol. The molecule has 2 heterocycles. The number of halogens is 2. The fourth-order valence-corrected chi connectivity index (χ4v) is 4.44. The van der Waals surface area contributed by atoms with Crippen molar-refractivity contribution >= 4 is 16.9 Å². The highest BCUT2D eigenvalue weighted by atomic mass is 19.3. The SMILES string of the molecule is Cc1[nH]c2c(-c3cc(C(F)F)ccc3OCC3CC3)ncnc2c1C(=O)N[C@H]1CCC[C@@H]1O. The molecule has 7 nitrogen and oxygen atoms in total. The van der Waals surface area contributed by atoms with Gasteiger partial charge in [0.25, 0.3) is 12.3 Å². The van der Waals surface area contributed by atoms with Gasteiger partial charge in [-0.15, -0.1) is 0 Å². The zero-order valence-electron chi connectivity index (χ0n) is 18.3. The summed E-state index contributed by atoms with van der Waals surface area (Å²) in [6.45, 7) is 2.28. The van der Waals surface area contributed by atoms with E-state index in [1.54, 1.807) is 13.0 Å². The molecule has 3 aromatic rings. The molecule has 1 amide bonds. The number of hydrogen-bond acceptors (Lipinski definition) is 5. The average Bonchev–Trinajstić information content (AvgIpc) is 3.44. The molecule has 0 saturated heterocycles. The van der Waals surface area contributed by atoms with E-state index < -0.39 is 12.5 Å². The average molecular weight is 456 g/mol. The van der Waals surface area contributed by atoms with Gasteiger partial charge in [-0.3, -0.25) is 4.79 Å². The van der Waals surface area contributed by atoms with Crippen LogP contribution in [0, 0.1) is 12.8 Å². The van der Waals surface area contributed by atoms with E-state index in [2.05, 4.69) is 20.3 Å². The number of aliphatic hydroxyl groups is 1. The molecule has 2 saturated carbocycles. The molecule has 3 N–H and O–H groups in total. The van der Waals surface area contributed by atoms with Crippen molar-refractivity contribution in [3.63, 3.8) is 0 Å². The Morgan fingerprint density at radius 2 is 2.09 bits per heavy atom. The van der Waals surface area contributed by atoms with Gasteiger partial charge in [0.15, 0.2) is 0 Å². The van der Waals surface area contributed by atoms with Crippen LogP contribution in [0.5, 0.6) is 5.75 Å². The van der Waals surface area contributed by atoms with Crippen LogP contribution in [0.4, 0.5) is 8.78 Å². The molecule has 9 heteroatoms. The van der Waals surface area contributed by atoms with Crippen LogP contribution in [-0.2, 0) is 0 Å². The van der Waals surface area contributed by atoms with Gasteiger partial charge < -0.3 is 20.1 Å². The van der Waals surface area contributed by atoms with Gasteiger partial charge >= 0.3 is 0 Å². The van der Waals surface area contributed by atoms with E-state index in [0.29, 0.717) is 58.2 Å². The molecule has 2 aliphatic carbocycles. The van der Waals surface area contributed by atoms with E-state index in [4.69, 9.17) is 4.74 Å². The Morgan fingerprint density at radius 3 is 2.79 bits per heavy atom. The summed E-state index contributed by atoms with van der Waals surface area (Å²) in [5.74, 6) is 0.631. The molecule has 0 radical (unpaired) electrons. The van der Waals surface area contributed by atoms with Crippen molar-refractivity contribution in [1.29, 1.82) is 0 Å². The van der Waals surface area contributed by atoms with Crippen LogP contribution in [0.3, 0.4) is 0 Å². The van der Waals surface area contributed by atoms with Crippen molar-refractivity contribution in [2.24, 2.45) is 5.92 Å². The minimum Gasteiger partial charge on any atom is -0.493 e. The van der Waals surface area contributed by atoms with Crippen LogP contribution in [-0.4, -0.2) is 44.7 Å². The van der Waals surface area contributed by atoms with Gasteiger partial charge in [-0.05, 0) is 63.1 Å². The smallest absolute Gasteiger partial charge is 0.263 e. The molecule has 2 aliphatic rings. The van der Waals surface area contributed by atoms with Crippen molar-refractivity contribution in [2.75, 3.05) is 6.61 Å². The van der Waals surface area contributed by atoms with E-state index in [1.165, 1.54) is 18.5 Å². The molecule has 0 spiro atoms. The molecule has 2 aromatic heterocycles. The number of nitrogens with zero attached hydrogens (tertiary/aromatic N) is 2. The first-order valence-electron chi connectivity index (χ1n) is 11.3. The second kappa shape index (κ2) is 8.70. The van der Waals surface area contributed by atoms with Crippen LogP contribution in [0.1, 0.15) is 60.1 Å². The number of carbonyl (C=O) groups excluding carboxylic acids is 1. The zero-order valence-corrected chi connectivity index (χ0v) is 18.3. The topological polar surface area (TPSA) is 100 Å². The number of ether oxygens (including phenoxy) is 1. The molecule has 1 aromatic carbocycles. The second-order valence-corrected chi connectivity index (χ2v) is 8.96. The molecule has 2 fully saturated rings. The highest BCUT2D eigenvalue weighted by molar-refractivity contribution is 6.09. The summed E-state index contributed by atoms with van der Waals surface area (Å²) in [5.41, 5.74) is 2.52. The summed E-state index contributed by atoms with van der Waals surface area (Å²) >= 11 is 0. The number of aliphatic hydroxyl groups excluding tert-OH is 1. The van der Waals surface area contributed by atoms with E-state index in [0.717, 1.165) is 25.7 Å². The third kappa shape index (κ3) is 4.29. The Hall–Kier alpha value is -3.07. The van der Waals surface area contributed by atoms with Gasteiger partial charge in [0.2, 0.25) is 0 Å². The number of amides is 1. The number of carbonyl (C=O) groups is 1. The molecule has 5 rings (SSSR count). The van der Waals surface area contributed by atoms with Crippen molar-refractivity contribution < 1.29 is 23.4 Å². The van der Waals surface area contributed by atoms with Gasteiger partial charge in [-0.25, -0.2) is 18.7 Å². The fraction of sp³-hybridized carbons (Fsp3) is 0.458. The Labute approximate surface area is 189 Å². The Kier molecular flexibility index (Phi) is 5.74. The second-order valence-electron chi connectivity index (χ2n) is 8.96. The van der Waals surface area contributed by atoms with Crippen molar-refractivity contribution in [3.05, 3.63) is 41.3 Å². The Morgan fingerprint density at radius 1 is 1.27 bits per heavy atom. The van der Waals surface area contributed by atoms with Gasteiger partial charge in [-0.2, -0.15) is 0 Å². The summed E-state index contributed by atoms with van der Waals surface area (Å²) in [4.78, 5) is 24.9. The number of H-pyrrole nitrogens is 1. The third-order valence-corrected chi connectivity index (χ3v) is 6.48. The van der Waals surface area contributed by atoms with Crippen LogP contribution >= 0.6 is 0 Å². The molecular formula is C24H26F2N4O3. The minimum atomic E-state index is -2.64.